The Kier molecular flexibility index (Phi) is 6.42. The number of amides is 1. The average molecular weight is 433 g/mol. The number of ether oxygens (including phenoxy) is 1. The summed E-state index contributed by atoms with van der Waals surface area (Å²) in [4.78, 5) is 27.3. The SMILES string of the molecule is CCOC(=O)c1c(NC(=O)c2ccc(Cl)cc2)sc2c(CN(C)C)c(O)ccc12. The number of phenolic OH excluding ortho intramolecular Hbond substituents is 1. The summed E-state index contributed by atoms with van der Waals surface area (Å²) in [5.74, 6) is -0.748. The molecule has 6 nitrogen and oxygen atoms in total. The highest BCUT2D eigenvalue weighted by Crippen LogP contribution is 2.41. The van der Waals surface area contributed by atoms with Crippen LogP contribution in [0.15, 0.2) is 36.4 Å². The van der Waals surface area contributed by atoms with Crippen LogP contribution >= 0.6 is 22.9 Å². The fourth-order valence-corrected chi connectivity index (χ4v) is 4.29. The Morgan fingerprint density at radius 1 is 1.17 bits per heavy atom. The quantitative estimate of drug-likeness (QED) is 0.549. The highest BCUT2D eigenvalue weighted by Gasteiger charge is 2.24. The molecule has 1 amide bonds. The van der Waals surface area contributed by atoms with Crippen LogP contribution in [0.5, 0.6) is 5.75 Å². The fourth-order valence-electron chi connectivity index (χ4n) is 2.95. The summed E-state index contributed by atoms with van der Waals surface area (Å²) in [5.41, 5.74) is 1.39. The van der Waals surface area contributed by atoms with Crippen molar-refractivity contribution in [2.24, 2.45) is 0 Å². The largest absolute Gasteiger partial charge is 0.508 e. The van der Waals surface area contributed by atoms with E-state index in [0.717, 1.165) is 4.70 Å². The molecule has 0 saturated carbocycles. The normalized spacial score (nSPS) is 11.1. The smallest absolute Gasteiger partial charge is 0.341 e. The molecule has 2 aromatic carbocycles. The number of rotatable bonds is 6. The molecule has 2 N–H and O–H groups in total. The van der Waals surface area contributed by atoms with Crippen molar-refractivity contribution >= 4 is 49.9 Å². The van der Waals surface area contributed by atoms with Gasteiger partial charge in [0, 0.05) is 32.8 Å². The Morgan fingerprint density at radius 3 is 2.48 bits per heavy atom. The first-order valence-corrected chi connectivity index (χ1v) is 10.2. The Bertz CT molecular complexity index is 1060. The van der Waals surface area contributed by atoms with Crippen LogP contribution in [0.3, 0.4) is 0 Å². The van der Waals surface area contributed by atoms with E-state index in [9.17, 15) is 14.7 Å². The first kappa shape index (κ1) is 21.1. The summed E-state index contributed by atoms with van der Waals surface area (Å²) in [5, 5.41) is 14.7. The van der Waals surface area contributed by atoms with Crippen LogP contribution in [0.4, 0.5) is 5.00 Å². The number of aromatic hydroxyl groups is 1. The molecule has 29 heavy (non-hydrogen) atoms. The standard InChI is InChI=1S/C21H21ClN2O4S/c1-4-28-21(27)17-14-9-10-16(25)15(11-24(2)3)18(14)29-20(17)23-19(26)12-5-7-13(22)8-6-12/h5-10,25H,4,11H2,1-3H3,(H,23,26). The van der Waals surface area contributed by atoms with Gasteiger partial charge < -0.3 is 20.1 Å². The number of carbonyl (C=O) groups excluding carboxylic acids is 2. The molecule has 0 spiro atoms. The third kappa shape index (κ3) is 4.53. The molecule has 1 heterocycles. The van der Waals surface area contributed by atoms with Crippen molar-refractivity contribution in [3.63, 3.8) is 0 Å². The van der Waals surface area contributed by atoms with Gasteiger partial charge in [-0.1, -0.05) is 11.6 Å². The second-order valence-corrected chi connectivity index (χ2v) is 8.12. The molecule has 3 aromatic rings. The number of benzene rings is 2. The summed E-state index contributed by atoms with van der Waals surface area (Å²) in [7, 11) is 3.78. The van der Waals surface area contributed by atoms with Crippen molar-refractivity contribution in [3.8, 4) is 5.75 Å². The maximum absolute atomic E-state index is 12.7. The molecule has 0 saturated heterocycles. The summed E-state index contributed by atoms with van der Waals surface area (Å²) >= 11 is 7.13. The van der Waals surface area contributed by atoms with Gasteiger partial charge in [0.05, 0.1) is 6.61 Å². The maximum atomic E-state index is 12.7. The lowest BCUT2D eigenvalue weighted by molar-refractivity contribution is 0.0530. The Balaban J connectivity index is 2.11. The molecule has 8 heteroatoms. The Morgan fingerprint density at radius 2 is 1.86 bits per heavy atom. The second-order valence-electron chi connectivity index (χ2n) is 6.67. The molecular weight excluding hydrogens is 412 g/mol. The van der Waals surface area contributed by atoms with Gasteiger partial charge in [0.15, 0.2) is 0 Å². The van der Waals surface area contributed by atoms with E-state index in [0.29, 0.717) is 33.1 Å². The minimum absolute atomic E-state index is 0.137. The summed E-state index contributed by atoms with van der Waals surface area (Å²) in [6.45, 7) is 2.42. The monoisotopic (exact) mass is 432 g/mol. The predicted molar refractivity (Wildman–Crippen MR) is 116 cm³/mol. The molecule has 0 aliphatic carbocycles. The zero-order valence-corrected chi connectivity index (χ0v) is 17.9. The maximum Gasteiger partial charge on any atom is 0.341 e. The van der Waals surface area contributed by atoms with Gasteiger partial charge in [-0.15, -0.1) is 11.3 Å². The van der Waals surface area contributed by atoms with Crippen LogP contribution in [0.2, 0.25) is 5.02 Å². The molecule has 0 unspecified atom stereocenters. The van der Waals surface area contributed by atoms with Crippen LogP contribution in [-0.2, 0) is 11.3 Å². The molecule has 0 fully saturated rings. The first-order valence-electron chi connectivity index (χ1n) is 8.98. The Hall–Kier alpha value is -2.61. The third-order valence-corrected chi connectivity index (χ3v) is 5.66. The molecule has 3 rings (SSSR count). The molecule has 0 aliphatic heterocycles. The number of nitrogens with zero attached hydrogens (tertiary/aromatic N) is 1. The number of hydrogen-bond donors (Lipinski definition) is 2. The van der Waals surface area contributed by atoms with Crippen molar-refractivity contribution in [3.05, 3.63) is 58.1 Å². The molecule has 0 aliphatic rings. The van der Waals surface area contributed by atoms with Crippen molar-refractivity contribution in [1.82, 2.24) is 4.90 Å². The number of carbonyl (C=O) groups is 2. The minimum atomic E-state index is -0.522. The number of fused-ring (bicyclic) bond motifs is 1. The van der Waals surface area contributed by atoms with Crippen molar-refractivity contribution in [2.75, 3.05) is 26.0 Å². The van der Waals surface area contributed by atoms with Gasteiger partial charge in [-0.05, 0) is 57.4 Å². The van der Waals surface area contributed by atoms with Crippen LogP contribution in [0, 0.1) is 0 Å². The highest BCUT2D eigenvalue weighted by molar-refractivity contribution is 7.23. The average Bonchev–Trinajstić information content (AvgIpc) is 3.03. The van der Waals surface area contributed by atoms with Crippen molar-refractivity contribution in [2.45, 2.75) is 13.5 Å². The number of halogens is 1. The van der Waals surface area contributed by atoms with Crippen LogP contribution in [0.1, 0.15) is 33.2 Å². The zero-order chi connectivity index (χ0) is 21.1. The number of thiophene rings is 1. The lowest BCUT2D eigenvalue weighted by atomic mass is 10.1. The Labute approximate surface area is 177 Å². The van der Waals surface area contributed by atoms with E-state index in [1.165, 1.54) is 11.3 Å². The fraction of sp³-hybridized carbons (Fsp3) is 0.238. The number of esters is 1. The van der Waals surface area contributed by atoms with Crippen LogP contribution < -0.4 is 5.32 Å². The van der Waals surface area contributed by atoms with E-state index in [2.05, 4.69) is 5.32 Å². The number of phenols is 1. The van der Waals surface area contributed by atoms with Gasteiger partial charge in [-0.3, -0.25) is 4.79 Å². The lowest BCUT2D eigenvalue weighted by Crippen LogP contribution is -2.14. The molecule has 0 radical (unpaired) electrons. The molecule has 0 atom stereocenters. The first-order chi connectivity index (χ1) is 13.8. The van der Waals surface area contributed by atoms with E-state index in [-0.39, 0.29) is 23.8 Å². The van der Waals surface area contributed by atoms with E-state index in [4.69, 9.17) is 16.3 Å². The van der Waals surface area contributed by atoms with Crippen molar-refractivity contribution < 1.29 is 19.4 Å². The molecular formula is C21H21ClN2O4S. The summed E-state index contributed by atoms with van der Waals surface area (Å²) in [6.07, 6.45) is 0. The predicted octanol–water partition coefficient (Wildman–Crippen LogP) is 4.75. The highest BCUT2D eigenvalue weighted by atomic mass is 35.5. The van der Waals surface area contributed by atoms with Gasteiger partial charge in [-0.25, -0.2) is 4.79 Å². The van der Waals surface area contributed by atoms with E-state index >= 15 is 0 Å². The van der Waals surface area contributed by atoms with E-state index in [1.54, 1.807) is 43.3 Å². The van der Waals surface area contributed by atoms with Gasteiger partial charge in [0.25, 0.3) is 5.91 Å². The number of hydrogen-bond acceptors (Lipinski definition) is 6. The van der Waals surface area contributed by atoms with E-state index < -0.39 is 5.97 Å². The number of anilines is 1. The molecule has 152 valence electrons. The topological polar surface area (TPSA) is 78.9 Å². The number of nitrogens with one attached hydrogen (secondary N) is 1. The van der Waals surface area contributed by atoms with Crippen LogP contribution in [0.25, 0.3) is 10.1 Å². The minimum Gasteiger partial charge on any atom is -0.508 e. The molecule has 0 bridgehead atoms. The van der Waals surface area contributed by atoms with E-state index in [1.807, 2.05) is 19.0 Å². The third-order valence-electron chi connectivity index (χ3n) is 4.22. The van der Waals surface area contributed by atoms with Gasteiger partial charge in [-0.2, -0.15) is 0 Å². The zero-order valence-electron chi connectivity index (χ0n) is 16.3. The summed E-state index contributed by atoms with van der Waals surface area (Å²) in [6, 6.07) is 9.70. The lowest BCUT2D eigenvalue weighted by Gasteiger charge is -2.12. The van der Waals surface area contributed by atoms with Crippen molar-refractivity contribution in [1.29, 1.82) is 0 Å². The second kappa shape index (κ2) is 8.82. The summed E-state index contributed by atoms with van der Waals surface area (Å²) < 4.78 is 5.95. The van der Waals surface area contributed by atoms with Gasteiger partial charge in [0.1, 0.15) is 16.3 Å². The van der Waals surface area contributed by atoms with Gasteiger partial charge in [0.2, 0.25) is 0 Å². The van der Waals surface area contributed by atoms with Gasteiger partial charge >= 0.3 is 5.97 Å². The van der Waals surface area contributed by atoms with Crippen LogP contribution in [-0.4, -0.2) is 42.6 Å². The molecule has 1 aromatic heterocycles.